The van der Waals surface area contributed by atoms with Crippen molar-refractivity contribution in [3.8, 4) is 0 Å². The number of carbonyl (C=O) groups is 2. The molecule has 0 aromatic heterocycles. The highest BCUT2D eigenvalue weighted by Gasteiger charge is 2.40. The summed E-state index contributed by atoms with van der Waals surface area (Å²) in [6.07, 6.45) is 2.65. The van der Waals surface area contributed by atoms with Gasteiger partial charge < -0.3 is 14.8 Å². The van der Waals surface area contributed by atoms with Crippen LogP contribution in [0.5, 0.6) is 0 Å². The average molecular weight is 347 g/mol. The fourth-order valence-corrected chi connectivity index (χ4v) is 3.17. The third-order valence-corrected chi connectivity index (χ3v) is 4.41. The van der Waals surface area contributed by atoms with E-state index in [1.54, 1.807) is 27.7 Å². The number of nitrogens with one attached hydrogen (secondary N) is 1. The van der Waals surface area contributed by atoms with Gasteiger partial charge in [-0.05, 0) is 52.0 Å². The Morgan fingerprint density at radius 3 is 2.32 bits per heavy atom. The Balaban J connectivity index is 2.27. The molecule has 138 valence electrons. The van der Waals surface area contributed by atoms with Gasteiger partial charge in [0, 0.05) is 5.92 Å². The summed E-state index contributed by atoms with van der Waals surface area (Å²) in [5.41, 5.74) is 0.420. The Kier molecular flexibility index (Phi) is 6.45. The van der Waals surface area contributed by atoms with Crippen LogP contribution in [-0.4, -0.2) is 30.3 Å². The number of hydrogen-bond acceptors (Lipinski definition) is 4. The third-order valence-electron chi connectivity index (χ3n) is 4.41. The van der Waals surface area contributed by atoms with Crippen LogP contribution >= 0.6 is 0 Å². The number of amides is 1. The zero-order valence-electron chi connectivity index (χ0n) is 15.6. The lowest BCUT2D eigenvalue weighted by Gasteiger charge is -2.38. The van der Waals surface area contributed by atoms with Gasteiger partial charge in [-0.3, -0.25) is 0 Å². The molecular weight excluding hydrogens is 318 g/mol. The van der Waals surface area contributed by atoms with E-state index in [9.17, 15) is 9.59 Å². The van der Waals surface area contributed by atoms with Gasteiger partial charge in [-0.2, -0.15) is 0 Å². The van der Waals surface area contributed by atoms with Crippen molar-refractivity contribution in [1.82, 2.24) is 5.32 Å². The zero-order chi connectivity index (χ0) is 18.4. The van der Waals surface area contributed by atoms with Crippen molar-refractivity contribution in [3.05, 3.63) is 35.9 Å². The van der Waals surface area contributed by atoms with E-state index in [-0.39, 0.29) is 12.5 Å². The van der Waals surface area contributed by atoms with Gasteiger partial charge in [0.15, 0.2) is 0 Å². The van der Waals surface area contributed by atoms with E-state index in [1.165, 1.54) is 0 Å². The maximum atomic E-state index is 12.6. The largest absolute Gasteiger partial charge is 0.464 e. The quantitative estimate of drug-likeness (QED) is 0.789. The molecule has 1 aromatic carbocycles. The molecule has 1 aromatic rings. The monoisotopic (exact) mass is 347 g/mol. The van der Waals surface area contributed by atoms with Gasteiger partial charge in [-0.1, -0.05) is 36.8 Å². The van der Waals surface area contributed by atoms with Crippen LogP contribution in [0.2, 0.25) is 0 Å². The van der Waals surface area contributed by atoms with Crippen molar-refractivity contribution in [2.45, 2.75) is 64.5 Å². The molecule has 25 heavy (non-hydrogen) atoms. The third kappa shape index (κ3) is 5.48. The molecule has 1 saturated carbocycles. The molecule has 1 aliphatic carbocycles. The Labute approximate surface area is 150 Å². The number of hydrogen-bond donors (Lipinski definition) is 1. The van der Waals surface area contributed by atoms with E-state index in [0.717, 1.165) is 24.8 Å². The molecule has 0 spiro atoms. The summed E-state index contributed by atoms with van der Waals surface area (Å²) < 4.78 is 10.6. The first-order valence-corrected chi connectivity index (χ1v) is 9.03. The maximum absolute atomic E-state index is 12.6. The Hall–Kier alpha value is -2.04. The topological polar surface area (TPSA) is 64.6 Å². The Morgan fingerprint density at radius 1 is 1.20 bits per heavy atom. The lowest BCUT2D eigenvalue weighted by molar-refractivity contribution is -0.147. The number of esters is 1. The van der Waals surface area contributed by atoms with Crippen LogP contribution < -0.4 is 5.32 Å². The van der Waals surface area contributed by atoms with Crippen LogP contribution in [-0.2, 0) is 14.3 Å². The second-order valence-corrected chi connectivity index (χ2v) is 7.50. The lowest BCUT2D eigenvalue weighted by Crippen LogP contribution is -2.50. The molecule has 0 bridgehead atoms. The molecule has 1 aliphatic rings. The molecule has 2 rings (SSSR count). The molecule has 1 N–H and O–H groups in total. The minimum atomic E-state index is -0.748. The standard InChI is InChI=1S/C20H29NO4/c1-5-24-18(22)17(21-19(23)25-20(2,3)4)16(15-12-9-13-15)14-10-7-6-8-11-14/h6-8,10-11,15-17H,5,9,12-13H2,1-4H3,(H,21,23). The smallest absolute Gasteiger partial charge is 0.408 e. The van der Waals surface area contributed by atoms with Gasteiger partial charge in [0.1, 0.15) is 11.6 Å². The van der Waals surface area contributed by atoms with E-state index in [4.69, 9.17) is 9.47 Å². The molecule has 0 saturated heterocycles. The van der Waals surface area contributed by atoms with Gasteiger partial charge >= 0.3 is 12.1 Å². The number of alkyl carbamates (subject to hydrolysis) is 1. The predicted octanol–water partition coefficient (Wildman–Crippen LogP) is 4.03. The van der Waals surface area contributed by atoms with E-state index in [0.29, 0.717) is 5.92 Å². The minimum Gasteiger partial charge on any atom is -0.464 e. The Bertz CT molecular complexity index is 575. The summed E-state index contributed by atoms with van der Waals surface area (Å²) in [4.78, 5) is 24.9. The molecule has 2 atom stereocenters. The summed E-state index contributed by atoms with van der Waals surface area (Å²) in [7, 11) is 0. The minimum absolute atomic E-state index is 0.110. The van der Waals surface area contributed by atoms with Crippen molar-refractivity contribution in [2.24, 2.45) is 5.92 Å². The van der Waals surface area contributed by atoms with Gasteiger partial charge in [0.05, 0.1) is 6.61 Å². The fraction of sp³-hybridized carbons (Fsp3) is 0.600. The molecule has 5 nitrogen and oxygen atoms in total. The van der Waals surface area contributed by atoms with Crippen LogP contribution in [0.1, 0.15) is 58.4 Å². The summed E-state index contributed by atoms with van der Waals surface area (Å²) in [5.74, 6) is -0.164. The van der Waals surface area contributed by atoms with E-state index < -0.39 is 23.7 Å². The highest BCUT2D eigenvalue weighted by molar-refractivity contribution is 5.82. The van der Waals surface area contributed by atoms with Crippen molar-refractivity contribution in [2.75, 3.05) is 6.61 Å². The van der Waals surface area contributed by atoms with Crippen LogP contribution in [0.25, 0.3) is 0 Å². The molecule has 5 heteroatoms. The molecule has 0 radical (unpaired) electrons. The van der Waals surface area contributed by atoms with Crippen molar-refractivity contribution >= 4 is 12.1 Å². The average Bonchev–Trinajstić information content (AvgIpc) is 2.48. The predicted molar refractivity (Wildman–Crippen MR) is 96.3 cm³/mol. The summed E-state index contributed by atoms with van der Waals surface area (Å²) >= 11 is 0. The summed E-state index contributed by atoms with van der Waals surface area (Å²) in [6.45, 7) is 7.44. The molecule has 0 heterocycles. The van der Waals surface area contributed by atoms with Crippen LogP contribution in [0.3, 0.4) is 0 Å². The number of rotatable bonds is 6. The van der Waals surface area contributed by atoms with Gasteiger partial charge in [-0.15, -0.1) is 0 Å². The Morgan fingerprint density at radius 2 is 1.84 bits per heavy atom. The fourth-order valence-electron chi connectivity index (χ4n) is 3.17. The molecule has 1 fully saturated rings. The molecule has 2 unspecified atom stereocenters. The van der Waals surface area contributed by atoms with E-state index in [2.05, 4.69) is 5.32 Å². The molecule has 0 aliphatic heterocycles. The van der Waals surface area contributed by atoms with Crippen LogP contribution in [0.4, 0.5) is 4.79 Å². The zero-order valence-corrected chi connectivity index (χ0v) is 15.6. The first kappa shape index (κ1) is 19.3. The molecule has 1 amide bonds. The number of ether oxygens (including phenoxy) is 2. The SMILES string of the molecule is CCOC(=O)C(NC(=O)OC(C)(C)C)C(c1ccccc1)C1CCC1. The number of benzene rings is 1. The summed E-state index contributed by atoms with van der Waals surface area (Å²) in [5, 5.41) is 2.77. The highest BCUT2D eigenvalue weighted by atomic mass is 16.6. The van der Waals surface area contributed by atoms with Crippen molar-refractivity contribution in [3.63, 3.8) is 0 Å². The lowest BCUT2D eigenvalue weighted by atomic mass is 9.70. The van der Waals surface area contributed by atoms with Crippen molar-refractivity contribution in [1.29, 1.82) is 0 Å². The first-order valence-electron chi connectivity index (χ1n) is 9.03. The van der Waals surface area contributed by atoms with Crippen molar-refractivity contribution < 1.29 is 19.1 Å². The second-order valence-electron chi connectivity index (χ2n) is 7.50. The molecular formula is C20H29NO4. The maximum Gasteiger partial charge on any atom is 0.408 e. The van der Waals surface area contributed by atoms with E-state index in [1.807, 2.05) is 30.3 Å². The van der Waals surface area contributed by atoms with E-state index >= 15 is 0 Å². The van der Waals surface area contributed by atoms with Gasteiger partial charge in [0.25, 0.3) is 0 Å². The van der Waals surface area contributed by atoms with Gasteiger partial charge in [-0.25, -0.2) is 9.59 Å². The number of carbonyl (C=O) groups excluding carboxylic acids is 2. The second kappa shape index (κ2) is 8.37. The first-order chi connectivity index (χ1) is 11.8. The van der Waals surface area contributed by atoms with Crippen LogP contribution in [0, 0.1) is 5.92 Å². The normalized spacial score (nSPS) is 17.1. The van der Waals surface area contributed by atoms with Crippen LogP contribution in [0.15, 0.2) is 30.3 Å². The summed E-state index contributed by atoms with van der Waals surface area (Å²) in [6, 6.07) is 9.12. The van der Waals surface area contributed by atoms with Gasteiger partial charge in [0.2, 0.25) is 0 Å². The highest BCUT2D eigenvalue weighted by Crippen LogP contribution is 2.41.